The van der Waals surface area contributed by atoms with Gasteiger partial charge in [-0.2, -0.15) is 5.26 Å². The third-order valence-corrected chi connectivity index (χ3v) is 4.18. The molecule has 8 heteroatoms. The molecule has 0 aliphatic carbocycles. The van der Waals surface area contributed by atoms with Gasteiger partial charge in [0, 0.05) is 17.4 Å². The number of rotatable bonds is 3. The Morgan fingerprint density at radius 3 is 2.04 bits per heavy atom. The molecule has 0 aliphatic rings. The van der Waals surface area contributed by atoms with Crippen molar-refractivity contribution in [2.45, 2.75) is 4.90 Å². The molecule has 24 heavy (non-hydrogen) atoms. The molecule has 122 valence electrons. The smallest absolute Gasteiger partial charge is 0.267 e. The molecule has 0 bridgehead atoms. The lowest BCUT2D eigenvalue weighted by molar-refractivity contribution is 0.0846. The number of hydrogen-bond acceptors (Lipinski definition) is 5. The summed E-state index contributed by atoms with van der Waals surface area (Å²) in [6.07, 6.45) is 1.04. The molecule has 0 fully saturated rings. The van der Waals surface area contributed by atoms with Crippen molar-refractivity contribution in [2.75, 3.05) is 6.26 Å². The van der Waals surface area contributed by atoms with E-state index in [-0.39, 0.29) is 16.0 Å². The Morgan fingerprint density at radius 1 is 0.958 bits per heavy atom. The Balaban J connectivity index is 2.08. The van der Waals surface area contributed by atoms with Gasteiger partial charge in [0.15, 0.2) is 9.84 Å². The number of carbonyl (C=O) groups is 2. The molecule has 2 N–H and O–H groups in total. The summed E-state index contributed by atoms with van der Waals surface area (Å²) >= 11 is 0. The van der Waals surface area contributed by atoms with Crippen molar-refractivity contribution in [3.8, 4) is 6.07 Å². The minimum atomic E-state index is -3.44. The van der Waals surface area contributed by atoms with Crippen LogP contribution in [0.5, 0.6) is 0 Å². The normalized spacial score (nSPS) is 10.5. The lowest BCUT2D eigenvalue weighted by Crippen LogP contribution is -2.41. The van der Waals surface area contributed by atoms with E-state index in [0.29, 0.717) is 5.56 Å². The summed E-state index contributed by atoms with van der Waals surface area (Å²) < 4.78 is 23.0. The summed E-state index contributed by atoms with van der Waals surface area (Å²) in [4.78, 5) is 24.0. The van der Waals surface area contributed by atoms with Gasteiger partial charge in [0.2, 0.25) is 0 Å². The van der Waals surface area contributed by atoms with Crippen molar-refractivity contribution in [3.05, 3.63) is 65.2 Å². The van der Waals surface area contributed by atoms with Crippen molar-refractivity contribution in [1.82, 2.24) is 10.9 Å². The van der Waals surface area contributed by atoms with E-state index in [9.17, 15) is 18.0 Å². The molecule has 0 saturated heterocycles. The Hall–Kier alpha value is -3.18. The molecule has 0 radical (unpaired) electrons. The predicted octanol–water partition coefficient (Wildman–Crippen LogP) is 1.04. The summed E-state index contributed by atoms with van der Waals surface area (Å²) in [6.45, 7) is 0. The zero-order valence-electron chi connectivity index (χ0n) is 12.6. The first kappa shape index (κ1) is 17.2. The number of nitriles is 1. The summed E-state index contributed by atoms with van der Waals surface area (Å²) in [5.41, 5.74) is 5.02. The maximum Gasteiger partial charge on any atom is 0.269 e. The molecule has 2 rings (SSSR count). The molecule has 0 spiro atoms. The van der Waals surface area contributed by atoms with Crippen LogP contribution >= 0.6 is 0 Å². The molecular formula is C16H13N3O4S. The minimum absolute atomic E-state index is 0.00296. The van der Waals surface area contributed by atoms with Gasteiger partial charge in [-0.25, -0.2) is 8.42 Å². The van der Waals surface area contributed by atoms with Crippen LogP contribution in [0.4, 0.5) is 0 Å². The van der Waals surface area contributed by atoms with Gasteiger partial charge in [-0.15, -0.1) is 0 Å². The van der Waals surface area contributed by atoms with Gasteiger partial charge in [0.25, 0.3) is 11.8 Å². The zero-order valence-corrected chi connectivity index (χ0v) is 13.4. The van der Waals surface area contributed by atoms with Crippen LogP contribution in [0.1, 0.15) is 26.3 Å². The largest absolute Gasteiger partial charge is 0.269 e. The molecule has 7 nitrogen and oxygen atoms in total. The fourth-order valence-electron chi connectivity index (χ4n) is 1.86. The first-order chi connectivity index (χ1) is 11.3. The van der Waals surface area contributed by atoms with Gasteiger partial charge in [-0.05, 0) is 36.4 Å². The van der Waals surface area contributed by atoms with Crippen LogP contribution in [0, 0.1) is 11.3 Å². The number of carbonyl (C=O) groups excluding carboxylic acids is 2. The topological polar surface area (TPSA) is 116 Å². The van der Waals surface area contributed by atoms with Gasteiger partial charge < -0.3 is 0 Å². The fraction of sp³-hybridized carbons (Fsp3) is 0.0625. The Bertz CT molecular complexity index is 946. The minimum Gasteiger partial charge on any atom is -0.267 e. The number of benzene rings is 2. The third kappa shape index (κ3) is 4.18. The van der Waals surface area contributed by atoms with E-state index >= 15 is 0 Å². The molecule has 0 unspecified atom stereocenters. The quantitative estimate of drug-likeness (QED) is 0.808. The lowest BCUT2D eigenvalue weighted by atomic mass is 10.1. The van der Waals surface area contributed by atoms with Crippen LogP contribution in [-0.2, 0) is 9.84 Å². The highest BCUT2D eigenvalue weighted by atomic mass is 32.2. The number of amides is 2. The summed E-state index contributed by atoms with van der Waals surface area (Å²) in [6, 6.07) is 13.3. The molecular weight excluding hydrogens is 330 g/mol. The van der Waals surface area contributed by atoms with Gasteiger partial charge in [0.1, 0.15) is 0 Å². The summed E-state index contributed by atoms with van der Waals surface area (Å²) in [5, 5.41) is 8.80. The predicted molar refractivity (Wildman–Crippen MR) is 85.6 cm³/mol. The highest BCUT2D eigenvalue weighted by Gasteiger charge is 2.13. The molecule has 2 aromatic carbocycles. The number of hydrazine groups is 1. The van der Waals surface area contributed by atoms with Crippen LogP contribution in [0.25, 0.3) is 0 Å². The van der Waals surface area contributed by atoms with Crippen LogP contribution in [0.3, 0.4) is 0 Å². The van der Waals surface area contributed by atoms with Crippen LogP contribution < -0.4 is 10.9 Å². The van der Waals surface area contributed by atoms with Gasteiger partial charge in [0.05, 0.1) is 16.5 Å². The van der Waals surface area contributed by atoms with Gasteiger partial charge in [-0.3, -0.25) is 20.4 Å². The Labute approximate surface area is 138 Å². The van der Waals surface area contributed by atoms with E-state index in [1.165, 1.54) is 36.4 Å². The van der Waals surface area contributed by atoms with E-state index in [0.717, 1.165) is 6.26 Å². The van der Waals surface area contributed by atoms with Crippen molar-refractivity contribution in [1.29, 1.82) is 5.26 Å². The lowest BCUT2D eigenvalue weighted by Gasteiger charge is -2.08. The average Bonchev–Trinajstić information content (AvgIpc) is 2.58. The van der Waals surface area contributed by atoms with Crippen molar-refractivity contribution in [3.63, 3.8) is 0 Å². The maximum absolute atomic E-state index is 12.0. The molecule has 2 amide bonds. The first-order valence-corrected chi connectivity index (χ1v) is 8.61. The van der Waals surface area contributed by atoms with Crippen LogP contribution in [0.15, 0.2) is 53.4 Å². The second-order valence-electron chi connectivity index (χ2n) is 4.90. The summed E-state index contributed by atoms with van der Waals surface area (Å²) in [7, 11) is -3.44. The van der Waals surface area contributed by atoms with Crippen molar-refractivity contribution in [2.24, 2.45) is 0 Å². The Kier molecular flexibility index (Phi) is 4.96. The van der Waals surface area contributed by atoms with Crippen molar-refractivity contribution >= 4 is 21.7 Å². The highest BCUT2D eigenvalue weighted by molar-refractivity contribution is 7.90. The SMILES string of the molecule is CS(=O)(=O)c1cccc(C(=O)NNC(=O)c2cccc(C#N)c2)c1. The van der Waals surface area contributed by atoms with Crippen LogP contribution in [0.2, 0.25) is 0 Å². The molecule has 0 heterocycles. The van der Waals surface area contributed by atoms with E-state index < -0.39 is 21.7 Å². The second kappa shape index (κ2) is 6.93. The zero-order chi connectivity index (χ0) is 17.7. The molecule has 0 aromatic heterocycles. The van der Waals surface area contributed by atoms with Crippen LogP contribution in [-0.4, -0.2) is 26.5 Å². The second-order valence-corrected chi connectivity index (χ2v) is 6.92. The van der Waals surface area contributed by atoms with E-state index in [2.05, 4.69) is 10.9 Å². The summed E-state index contributed by atoms with van der Waals surface area (Å²) in [5.74, 6) is -1.26. The Morgan fingerprint density at radius 2 is 1.50 bits per heavy atom. The fourth-order valence-corrected chi connectivity index (χ4v) is 2.52. The molecule has 0 aliphatic heterocycles. The van der Waals surface area contributed by atoms with E-state index in [1.54, 1.807) is 12.1 Å². The van der Waals surface area contributed by atoms with Gasteiger partial charge in [-0.1, -0.05) is 12.1 Å². The number of hydrogen-bond donors (Lipinski definition) is 2. The third-order valence-electron chi connectivity index (χ3n) is 3.07. The first-order valence-electron chi connectivity index (χ1n) is 6.72. The molecule has 0 saturated carbocycles. The monoisotopic (exact) mass is 343 g/mol. The van der Waals surface area contributed by atoms with E-state index in [4.69, 9.17) is 5.26 Å². The number of nitrogens with zero attached hydrogens (tertiary/aromatic N) is 1. The maximum atomic E-state index is 12.0. The molecule has 2 aromatic rings. The number of sulfone groups is 1. The van der Waals surface area contributed by atoms with E-state index in [1.807, 2.05) is 6.07 Å². The standard InChI is InChI=1S/C16H13N3O4S/c1-24(22,23)14-7-3-6-13(9-14)16(21)19-18-15(20)12-5-2-4-11(8-12)10-17/h2-9H,1H3,(H,18,20)(H,19,21). The highest BCUT2D eigenvalue weighted by Crippen LogP contribution is 2.11. The van der Waals surface area contributed by atoms with Crippen molar-refractivity contribution < 1.29 is 18.0 Å². The number of nitrogens with one attached hydrogen (secondary N) is 2. The average molecular weight is 343 g/mol. The van der Waals surface area contributed by atoms with Gasteiger partial charge >= 0.3 is 0 Å². The molecule has 0 atom stereocenters.